The second-order valence-corrected chi connectivity index (χ2v) is 5.02. The standard InChI is InChI=1S/C12H12ClNOS/c1-8-4-10(2-3-12(8)15)14-6-11-5-9(13)7-16-11/h2-5,7,14-15H,6H2,1H3. The first-order valence-electron chi connectivity index (χ1n) is 4.91. The van der Waals surface area contributed by atoms with E-state index in [4.69, 9.17) is 11.6 Å². The molecule has 0 spiro atoms. The van der Waals surface area contributed by atoms with E-state index in [0.717, 1.165) is 22.8 Å². The number of anilines is 1. The first kappa shape index (κ1) is 11.3. The van der Waals surface area contributed by atoms with E-state index in [1.165, 1.54) is 4.88 Å². The lowest BCUT2D eigenvalue weighted by molar-refractivity contribution is 0.471. The molecule has 2 N–H and O–H groups in total. The molecule has 0 aliphatic heterocycles. The van der Waals surface area contributed by atoms with Crippen LogP contribution in [-0.2, 0) is 6.54 Å². The number of rotatable bonds is 3. The summed E-state index contributed by atoms with van der Waals surface area (Å²) in [6.07, 6.45) is 0. The van der Waals surface area contributed by atoms with Gasteiger partial charge < -0.3 is 10.4 Å². The molecule has 4 heteroatoms. The maximum Gasteiger partial charge on any atom is 0.118 e. The van der Waals surface area contributed by atoms with Crippen molar-refractivity contribution in [1.29, 1.82) is 0 Å². The number of hydrogen-bond acceptors (Lipinski definition) is 3. The van der Waals surface area contributed by atoms with E-state index in [0.29, 0.717) is 5.75 Å². The highest BCUT2D eigenvalue weighted by Crippen LogP contribution is 2.23. The Balaban J connectivity index is 2.02. The number of phenols is 1. The molecule has 0 atom stereocenters. The van der Waals surface area contributed by atoms with Crippen LogP contribution in [0.25, 0.3) is 0 Å². The van der Waals surface area contributed by atoms with E-state index >= 15 is 0 Å². The second-order valence-electron chi connectivity index (χ2n) is 3.59. The van der Waals surface area contributed by atoms with E-state index in [2.05, 4.69) is 5.32 Å². The third-order valence-electron chi connectivity index (χ3n) is 2.29. The molecule has 0 fully saturated rings. The molecule has 0 aliphatic rings. The third-order valence-corrected chi connectivity index (χ3v) is 3.57. The number of nitrogens with one attached hydrogen (secondary N) is 1. The van der Waals surface area contributed by atoms with E-state index in [1.54, 1.807) is 17.4 Å². The Kier molecular flexibility index (Phi) is 3.36. The van der Waals surface area contributed by atoms with Crippen molar-refractivity contribution in [2.45, 2.75) is 13.5 Å². The molecular formula is C12H12ClNOS. The molecule has 0 saturated heterocycles. The molecule has 0 aliphatic carbocycles. The minimum atomic E-state index is 0.324. The average molecular weight is 254 g/mol. The van der Waals surface area contributed by atoms with Crippen LogP contribution in [-0.4, -0.2) is 5.11 Å². The molecule has 1 heterocycles. The fourth-order valence-electron chi connectivity index (χ4n) is 1.40. The van der Waals surface area contributed by atoms with Gasteiger partial charge in [0.1, 0.15) is 5.75 Å². The molecule has 0 unspecified atom stereocenters. The Morgan fingerprint density at radius 3 is 2.81 bits per heavy atom. The summed E-state index contributed by atoms with van der Waals surface area (Å²) in [4.78, 5) is 1.19. The van der Waals surface area contributed by atoms with Crippen molar-refractivity contribution < 1.29 is 5.11 Å². The highest BCUT2D eigenvalue weighted by Gasteiger charge is 2.00. The molecule has 2 rings (SSSR count). The van der Waals surface area contributed by atoms with Gasteiger partial charge in [0.25, 0.3) is 0 Å². The molecule has 1 aromatic heterocycles. The molecule has 0 saturated carbocycles. The maximum atomic E-state index is 9.39. The largest absolute Gasteiger partial charge is 0.508 e. The smallest absolute Gasteiger partial charge is 0.118 e. The van der Waals surface area contributed by atoms with Gasteiger partial charge in [0, 0.05) is 22.5 Å². The van der Waals surface area contributed by atoms with Gasteiger partial charge in [0.2, 0.25) is 0 Å². The summed E-state index contributed by atoms with van der Waals surface area (Å²) in [7, 11) is 0. The van der Waals surface area contributed by atoms with Crippen LogP contribution in [0.1, 0.15) is 10.4 Å². The summed E-state index contributed by atoms with van der Waals surface area (Å²) < 4.78 is 0. The quantitative estimate of drug-likeness (QED) is 0.810. The summed E-state index contributed by atoms with van der Waals surface area (Å²) in [6.45, 7) is 2.63. The third kappa shape index (κ3) is 2.68. The molecule has 2 aromatic rings. The Labute approximate surface area is 104 Å². The van der Waals surface area contributed by atoms with Gasteiger partial charge >= 0.3 is 0 Å². The van der Waals surface area contributed by atoms with Crippen LogP contribution in [0.2, 0.25) is 5.02 Å². The Morgan fingerprint density at radius 2 is 2.19 bits per heavy atom. The summed E-state index contributed by atoms with van der Waals surface area (Å²) in [5.41, 5.74) is 1.87. The highest BCUT2D eigenvalue weighted by atomic mass is 35.5. The van der Waals surface area contributed by atoms with E-state index < -0.39 is 0 Å². The maximum absolute atomic E-state index is 9.39. The fraction of sp³-hybridized carbons (Fsp3) is 0.167. The monoisotopic (exact) mass is 253 g/mol. The van der Waals surface area contributed by atoms with Gasteiger partial charge in [-0.3, -0.25) is 0 Å². The summed E-state index contributed by atoms with van der Waals surface area (Å²) in [5.74, 6) is 0.324. The van der Waals surface area contributed by atoms with Crippen molar-refractivity contribution in [1.82, 2.24) is 0 Å². The van der Waals surface area contributed by atoms with E-state index in [1.807, 2.05) is 30.5 Å². The minimum Gasteiger partial charge on any atom is -0.508 e. The van der Waals surface area contributed by atoms with Gasteiger partial charge in [0.15, 0.2) is 0 Å². The van der Waals surface area contributed by atoms with Gasteiger partial charge in [-0.1, -0.05) is 11.6 Å². The van der Waals surface area contributed by atoms with Crippen LogP contribution in [0, 0.1) is 6.92 Å². The van der Waals surface area contributed by atoms with Crippen molar-refractivity contribution in [2.24, 2.45) is 0 Å². The topological polar surface area (TPSA) is 32.3 Å². The van der Waals surface area contributed by atoms with Crippen LogP contribution >= 0.6 is 22.9 Å². The van der Waals surface area contributed by atoms with Crippen molar-refractivity contribution in [3.63, 3.8) is 0 Å². The van der Waals surface area contributed by atoms with Gasteiger partial charge in [0.05, 0.1) is 5.02 Å². The number of thiophene rings is 1. The van der Waals surface area contributed by atoms with Crippen molar-refractivity contribution in [2.75, 3.05) is 5.32 Å². The zero-order valence-corrected chi connectivity index (χ0v) is 10.4. The van der Waals surface area contributed by atoms with E-state index in [9.17, 15) is 5.11 Å². The number of aryl methyl sites for hydroxylation is 1. The number of aromatic hydroxyl groups is 1. The molecule has 0 amide bonds. The van der Waals surface area contributed by atoms with Crippen LogP contribution in [0.3, 0.4) is 0 Å². The first-order valence-corrected chi connectivity index (χ1v) is 6.17. The lowest BCUT2D eigenvalue weighted by Gasteiger charge is -2.06. The molecule has 0 radical (unpaired) electrons. The molecule has 0 bridgehead atoms. The minimum absolute atomic E-state index is 0.324. The number of halogens is 1. The molecular weight excluding hydrogens is 242 g/mol. The SMILES string of the molecule is Cc1cc(NCc2cc(Cl)cs2)ccc1O. The van der Waals surface area contributed by atoms with Crippen LogP contribution in [0.4, 0.5) is 5.69 Å². The van der Waals surface area contributed by atoms with Crippen molar-refractivity contribution in [3.8, 4) is 5.75 Å². The highest BCUT2D eigenvalue weighted by molar-refractivity contribution is 7.10. The lowest BCUT2D eigenvalue weighted by atomic mass is 10.2. The van der Waals surface area contributed by atoms with Gasteiger partial charge in [-0.15, -0.1) is 11.3 Å². The number of benzene rings is 1. The zero-order valence-electron chi connectivity index (χ0n) is 8.83. The molecule has 1 aromatic carbocycles. The number of phenolic OH excluding ortho intramolecular Hbond substituents is 1. The predicted molar refractivity (Wildman–Crippen MR) is 69.5 cm³/mol. The predicted octanol–water partition coefficient (Wildman–Crippen LogP) is 4.03. The van der Waals surface area contributed by atoms with Crippen LogP contribution < -0.4 is 5.32 Å². The Morgan fingerprint density at radius 1 is 1.38 bits per heavy atom. The molecule has 2 nitrogen and oxygen atoms in total. The zero-order chi connectivity index (χ0) is 11.5. The number of hydrogen-bond donors (Lipinski definition) is 2. The lowest BCUT2D eigenvalue weighted by Crippen LogP contribution is -1.97. The normalized spacial score (nSPS) is 10.4. The van der Waals surface area contributed by atoms with Gasteiger partial charge in [-0.25, -0.2) is 0 Å². The summed E-state index contributed by atoms with van der Waals surface area (Å²) in [6, 6.07) is 7.42. The van der Waals surface area contributed by atoms with Crippen LogP contribution in [0.5, 0.6) is 5.75 Å². The molecule has 84 valence electrons. The van der Waals surface area contributed by atoms with Crippen molar-refractivity contribution >= 4 is 28.6 Å². The van der Waals surface area contributed by atoms with Gasteiger partial charge in [-0.2, -0.15) is 0 Å². The first-order chi connectivity index (χ1) is 7.65. The second kappa shape index (κ2) is 4.76. The molecule has 16 heavy (non-hydrogen) atoms. The van der Waals surface area contributed by atoms with E-state index in [-0.39, 0.29) is 0 Å². The Bertz CT molecular complexity index is 496. The fourth-order valence-corrected chi connectivity index (χ4v) is 2.41. The van der Waals surface area contributed by atoms with Crippen molar-refractivity contribution in [3.05, 3.63) is 45.1 Å². The summed E-state index contributed by atoms with van der Waals surface area (Å²) in [5, 5.41) is 15.4. The van der Waals surface area contributed by atoms with Crippen LogP contribution in [0.15, 0.2) is 29.6 Å². The summed E-state index contributed by atoms with van der Waals surface area (Å²) >= 11 is 7.47. The van der Waals surface area contributed by atoms with Gasteiger partial charge in [-0.05, 0) is 36.8 Å². The Hall–Kier alpha value is -1.19. The average Bonchev–Trinajstić information content (AvgIpc) is 2.66.